The van der Waals surface area contributed by atoms with Gasteiger partial charge in [-0.3, -0.25) is 18.2 Å². The molecular formula is C22H18N2O16S5. The molecule has 0 aliphatic rings. The van der Waals surface area contributed by atoms with E-state index >= 15 is 0 Å². The predicted octanol–water partition coefficient (Wildman–Crippen LogP) is 2.45. The van der Waals surface area contributed by atoms with Crippen molar-refractivity contribution in [3.05, 3.63) is 54.6 Å². The molecule has 0 aliphatic carbocycles. The van der Waals surface area contributed by atoms with Crippen molar-refractivity contribution in [2.24, 2.45) is 10.2 Å². The van der Waals surface area contributed by atoms with E-state index < -0.39 is 99.7 Å². The molecule has 0 amide bonds. The number of azo groups is 1. The van der Waals surface area contributed by atoms with Gasteiger partial charge in [0.25, 0.3) is 30.4 Å². The van der Waals surface area contributed by atoms with Gasteiger partial charge < -0.3 is 5.11 Å². The Morgan fingerprint density at radius 3 is 1.80 bits per heavy atom. The number of nitrogens with zero attached hydrogens (tertiary/aromatic N) is 2. The van der Waals surface area contributed by atoms with Crippen LogP contribution in [0.25, 0.3) is 21.5 Å². The lowest BCUT2D eigenvalue weighted by atomic mass is 10.1. The second kappa shape index (κ2) is 11.6. The second-order valence-electron chi connectivity index (χ2n) is 8.95. The van der Waals surface area contributed by atoms with Crippen LogP contribution < -0.4 is 0 Å². The standard InChI is InChI=1S/C22H18N2O16S5/c25-21-16-4-3-15(42(28,29)30)10-13(16)11-19(43(31,32)33)20(21)24-23-18-6-1-12-9-14(2-5-17(12)22(18)44(34,35)36)41(26,27)8-7-40-45(37,38)39/h1-6,9-11,25H,7-8H2,(H,28,29,30)(H,31,32,33)(H,34,35,36)(H,37,38,39). The molecule has 0 heterocycles. The zero-order valence-electron chi connectivity index (χ0n) is 21.8. The van der Waals surface area contributed by atoms with E-state index in [0.29, 0.717) is 6.07 Å². The molecule has 23 heteroatoms. The van der Waals surface area contributed by atoms with Gasteiger partial charge in [0.1, 0.15) is 21.2 Å². The molecule has 0 fully saturated rings. The number of fused-ring (bicyclic) bond motifs is 2. The zero-order chi connectivity index (χ0) is 33.8. The number of rotatable bonds is 10. The maximum absolute atomic E-state index is 12.6. The van der Waals surface area contributed by atoms with Crippen LogP contribution in [0, 0.1) is 0 Å². The summed E-state index contributed by atoms with van der Waals surface area (Å²) in [6, 6.07) is 8.21. The molecule has 5 N–H and O–H groups in total. The van der Waals surface area contributed by atoms with Crippen molar-refractivity contribution in [1.82, 2.24) is 0 Å². The van der Waals surface area contributed by atoms with Gasteiger partial charge in [-0.15, -0.1) is 10.2 Å². The van der Waals surface area contributed by atoms with Gasteiger partial charge in [0.15, 0.2) is 15.6 Å². The summed E-state index contributed by atoms with van der Waals surface area (Å²) in [6.07, 6.45) is 0. The fourth-order valence-electron chi connectivity index (χ4n) is 4.07. The summed E-state index contributed by atoms with van der Waals surface area (Å²) in [7, 11) is -24.3. The monoisotopic (exact) mass is 726 g/mol. The number of hydrogen-bond donors (Lipinski definition) is 5. The summed E-state index contributed by atoms with van der Waals surface area (Å²) in [5.41, 5.74) is -1.58. The number of sulfone groups is 1. The summed E-state index contributed by atoms with van der Waals surface area (Å²) in [6.45, 7) is -0.941. The number of benzene rings is 4. The van der Waals surface area contributed by atoms with E-state index in [1.54, 1.807) is 0 Å². The molecule has 4 aromatic carbocycles. The van der Waals surface area contributed by atoms with Crippen LogP contribution in [0.5, 0.6) is 5.75 Å². The molecular weight excluding hydrogens is 709 g/mol. The third kappa shape index (κ3) is 7.60. The molecule has 0 aliphatic heterocycles. The summed E-state index contributed by atoms with van der Waals surface area (Å²) >= 11 is 0. The topological polar surface area (TPSA) is 306 Å². The van der Waals surface area contributed by atoms with Crippen molar-refractivity contribution in [2.75, 3.05) is 12.4 Å². The molecule has 0 bridgehead atoms. The smallest absolute Gasteiger partial charge is 0.397 e. The number of aromatic hydroxyl groups is 1. The molecule has 18 nitrogen and oxygen atoms in total. The Balaban J connectivity index is 1.87. The molecule has 0 radical (unpaired) electrons. The van der Waals surface area contributed by atoms with E-state index in [-0.39, 0.29) is 21.5 Å². The summed E-state index contributed by atoms with van der Waals surface area (Å²) < 4.78 is 160. The third-order valence-electron chi connectivity index (χ3n) is 5.98. The van der Waals surface area contributed by atoms with Crippen LogP contribution in [0.1, 0.15) is 0 Å². The van der Waals surface area contributed by atoms with Crippen LogP contribution in [-0.2, 0) is 54.8 Å². The minimum absolute atomic E-state index is 0.0971. The predicted molar refractivity (Wildman–Crippen MR) is 153 cm³/mol. The number of hydrogen-bond acceptors (Lipinski definition) is 14. The number of phenolic OH excluding ortho intramolecular Hbond substituents is 1. The molecule has 4 rings (SSSR count). The van der Waals surface area contributed by atoms with Crippen molar-refractivity contribution in [1.29, 1.82) is 0 Å². The van der Waals surface area contributed by atoms with Crippen LogP contribution in [0.2, 0.25) is 0 Å². The Labute approximate surface area is 254 Å². The van der Waals surface area contributed by atoms with Crippen LogP contribution in [0.3, 0.4) is 0 Å². The molecule has 0 spiro atoms. The van der Waals surface area contributed by atoms with Crippen LogP contribution >= 0.6 is 0 Å². The molecule has 0 atom stereocenters. The highest BCUT2D eigenvalue weighted by Crippen LogP contribution is 2.43. The van der Waals surface area contributed by atoms with Crippen molar-refractivity contribution in [3.63, 3.8) is 0 Å². The summed E-state index contributed by atoms with van der Waals surface area (Å²) in [4.78, 5) is -3.15. The van der Waals surface area contributed by atoms with Crippen molar-refractivity contribution in [3.8, 4) is 5.75 Å². The van der Waals surface area contributed by atoms with Crippen LogP contribution in [0.15, 0.2) is 84.4 Å². The molecule has 0 aromatic heterocycles. The average Bonchev–Trinajstić information content (AvgIpc) is 2.89. The van der Waals surface area contributed by atoms with Gasteiger partial charge >= 0.3 is 10.4 Å². The van der Waals surface area contributed by atoms with Gasteiger partial charge in [-0.1, -0.05) is 12.1 Å². The fraction of sp³-hybridized carbons (Fsp3) is 0.0909. The first-order chi connectivity index (χ1) is 20.5. The molecule has 0 unspecified atom stereocenters. The molecule has 45 heavy (non-hydrogen) atoms. The quantitative estimate of drug-likeness (QED) is 0.116. The lowest BCUT2D eigenvalue weighted by Gasteiger charge is -2.11. The van der Waals surface area contributed by atoms with E-state index in [2.05, 4.69) is 14.4 Å². The van der Waals surface area contributed by atoms with Gasteiger partial charge in [0.2, 0.25) is 0 Å². The first kappa shape index (κ1) is 34.2. The van der Waals surface area contributed by atoms with E-state index in [1.807, 2.05) is 0 Å². The van der Waals surface area contributed by atoms with E-state index in [1.165, 1.54) is 0 Å². The van der Waals surface area contributed by atoms with Crippen molar-refractivity contribution >= 4 is 83.5 Å². The fourth-order valence-corrected chi connectivity index (χ4v) is 7.60. The van der Waals surface area contributed by atoms with Crippen LogP contribution in [-0.4, -0.2) is 77.8 Å². The minimum atomic E-state index is -5.21. The Kier molecular flexibility index (Phi) is 8.83. The maximum Gasteiger partial charge on any atom is 0.397 e. The second-order valence-corrected chi connectivity index (χ2v) is 16.3. The maximum atomic E-state index is 12.6. The van der Waals surface area contributed by atoms with Gasteiger partial charge in [0.05, 0.1) is 22.2 Å². The Morgan fingerprint density at radius 1 is 0.622 bits per heavy atom. The third-order valence-corrected chi connectivity index (χ3v) is 10.8. The SMILES string of the molecule is O=S(=O)(O)OCCS(=O)(=O)c1ccc2c(S(=O)(=O)O)c(N=Nc3c(S(=O)(=O)O)cc4cc(S(=O)(=O)O)ccc4c3O)ccc2c1. The van der Waals surface area contributed by atoms with Crippen molar-refractivity contribution < 1.29 is 69.6 Å². The highest BCUT2D eigenvalue weighted by molar-refractivity contribution is 7.91. The molecule has 242 valence electrons. The van der Waals surface area contributed by atoms with E-state index in [4.69, 9.17) is 4.55 Å². The Hall–Kier alpha value is -3.65. The first-order valence-corrected chi connectivity index (χ1v) is 18.9. The Morgan fingerprint density at radius 2 is 1.22 bits per heavy atom. The zero-order valence-corrected chi connectivity index (χ0v) is 25.9. The van der Waals surface area contributed by atoms with E-state index in [9.17, 15) is 60.9 Å². The molecule has 0 saturated carbocycles. The summed E-state index contributed by atoms with van der Waals surface area (Å²) in [5, 5.41) is 17.0. The highest BCUT2D eigenvalue weighted by atomic mass is 32.3. The lowest BCUT2D eigenvalue weighted by molar-refractivity contribution is 0.284. The van der Waals surface area contributed by atoms with Gasteiger partial charge in [-0.2, -0.15) is 33.7 Å². The minimum Gasteiger partial charge on any atom is -0.505 e. The van der Waals surface area contributed by atoms with Gasteiger partial charge in [0, 0.05) is 10.8 Å². The first-order valence-electron chi connectivity index (χ1n) is 11.5. The molecule has 4 aromatic rings. The van der Waals surface area contributed by atoms with E-state index in [0.717, 1.165) is 48.5 Å². The Bertz CT molecular complexity index is 2480. The normalized spacial score (nSPS) is 13.6. The lowest BCUT2D eigenvalue weighted by Crippen LogP contribution is -2.15. The van der Waals surface area contributed by atoms with Gasteiger partial charge in [-0.05, 0) is 53.2 Å². The average molecular weight is 727 g/mol. The van der Waals surface area contributed by atoms with Crippen molar-refractivity contribution in [2.45, 2.75) is 19.6 Å². The summed E-state index contributed by atoms with van der Waals surface area (Å²) in [5.74, 6) is -1.87. The number of phenols is 1. The molecule has 0 saturated heterocycles. The highest BCUT2D eigenvalue weighted by Gasteiger charge is 2.25. The van der Waals surface area contributed by atoms with Crippen LogP contribution in [0.4, 0.5) is 11.4 Å². The largest absolute Gasteiger partial charge is 0.505 e. The van der Waals surface area contributed by atoms with Gasteiger partial charge in [-0.25, -0.2) is 12.6 Å².